The molecule has 0 saturated carbocycles. The van der Waals surface area contributed by atoms with Crippen molar-refractivity contribution in [3.05, 3.63) is 34.7 Å². The van der Waals surface area contributed by atoms with E-state index in [1.54, 1.807) is 0 Å². The zero-order chi connectivity index (χ0) is 13.7. The Morgan fingerprint density at radius 3 is 2.80 bits per heavy atom. The molecule has 1 aromatic heterocycles. The first kappa shape index (κ1) is 16.3. The van der Waals surface area contributed by atoms with Crippen LogP contribution in [0.1, 0.15) is 6.42 Å². The molecule has 0 spiro atoms. The number of aromatic nitrogens is 2. The van der Waals surface area contributed by atoms with Crippen molar-refractivity contribution in [1.82, 2.24) is 20.2 Å². The van der Waals surface area contributed by atoms with Crippen LogP contribution in [0.2, 0.25) is 0 Å². The maximum absolute atomic E-state index is 11.8. The molecular weight excluding hydrogens is 280 g/mol. The summed E-state index contributed by atoms with van der Waals surface area (Å²) in [6.07, 6.45) is 0.866. The predicted molar refractivity (Wildman–Crippen MR) is 81.4 cm³/mol. The molecule has 3 N–H and O–H groups in total. The second-order valence-corrected chi connectivity index (χ2v) is 4.34. The smallest absolute Gasteiger partial charge is 0.326 e. The third-order valence-electron chi connectivity index (χ3n) is 2.91. The first-order valence-electron chi connectivity index (χ1n) is 6.31. The molecule has 1 aromatic carbocycles. The van der Waals surface area contributed by atoms with Gasteiger partial charge in [0.25, 0.3) is 0 Å². The minimum absolute atomic E-state index is 0. The number of aromatic amines is 1. The summed E-state index contributed by atoms with van der Waals surface area (Å²) >= 11 is 0. The van der Waals surface area contributed by atoms with Crippen molar-refractivity contribution in [2.24, 2.45) is 0 Å². The molecule has 2 rings (SSSR count). The van der Waals surface area contributed by atoms with E-state index in [-0.39, 0.29) is 30.5 Å². The molecule has 0 bridgehead atoms. The molecule has 6 nitrogen and oxygen atoms in total. The fourth-order valence-electron chi connectivity index (χ4n) is 1.96. The third kappa shape index (κ3) is 3.85. The molecule has 0 unspecified atom stereocenters. The summed E-state index contributed by atoms with van der Waals surface area (Å²) in [7, 11) is 1.87. The van der Waals surface area contributed by atoms with Gasteiger partial charge in [-0.25, -0.2) is 4.79 Å². The van der Waals surface area contributed by atoms with Crippen LogP contribution in [0, 0.1) is 0 Å². The number of H-pyrrole nitrogens is 1. The SMILES string of the molecule is CNCCCNC(=O)Cn1c(=O)[nH]c2ccccc21.Cl. The van der Waals surface area contributed by atoms with Gasteiger partial charge in [0, 0.05) is 6.54 Å². The van der Waals surface area contributed by atoms with Crippen LogP contribution in [-0.2, 0) is 11.3 Å². The summed E-state index contributed by atoms with van der Waals surface area (Å²) in [4.78, 5) is 26.3. The Hall–Kier alpha value is -1.79. The summed E-state index contributed by atoms with van der Waals surface area (Å²) in [5.74, 6) is -0.150. The Labute approximate surface area is 123 Å². The highest BCUT2D eigenvalue weighted by Crippen LogP contribution is 2.08. The van der Waals surface area contributed by atoms with Crippen molar-refractivity contribution in [3.8, 4) is 0 Å². The van der Waals surface area contributed by atoms with Gasteiger partial charge in [0.15, 0.2) is 0 Å². The van der Waals surface area contributed by atoms with Gasteiger partial charge in [-0.2, -0.15) is 0 Å². The van der Waals surface area contributed by atoms with Crippen LogP contribution in [0.4, 0.5) is 0 Å². The van der Waals surface area contributed by atoms with Crippen LogP contribution in [0.5, 0.6) is 0 Å². The normalized spacial score (nSPS) is 10.2. The molecule has 110 valence electrons. The first-order valence-corrected chi connectivity index (χ1v) is 6.31. The number of para-hydroxylation sites is 2. The molecule has 1 heterocycles. The lowest BCUT2D eigenvalue weighted by Gasteiger charge is -2.06. The van der Waals surface area contributed by atoms with Crippen molar-refractivity contribution >= 4 is 29.3 Å². The summed E-state index contributed by atoms with van der Waals surface area (Å²) in [6, 6.07) is 7.33. The number of carbonyl (C=O) groups excluding carboxylic acids is 1. The molecule has 0 radical (unpaired) electrons. The maximum atomic E-state index is 11.8. The van der Waals surface area contributed by atoms with Gasteiger partial charge in [-0.15, -0.1) is 12.4 Å². The topological polar surface area (TPSA) is 78.9 Å². The van der Waals surface area contributed by atoms with Crippen LogP contribution in [0.25, 0.3) is 11.0 Å². The number of amides is 1. The van der Waals surface area contributed by atoms with Gasteiger partial charge >= 0.3 is 5.69 Å². The highest BCUT2D eigenvalue weighted by Gasteiger charge is 2.09. The highest BCUT2D eigenvalue weighted by atomic mass is 35.5. The Kier molecular flexibility index (Phi) is 6.27. The van der Waals surface area contributed by atoms with E-state index in [0.717, 1.165) is 24.0 Å². The Bertz CT molecular complexity index is 620. The number of halogens is 1. The van der Waals surface area contributed by atoms with Crippen LogP contribution < -0.4 is 16.3 Å². The minimum Gasteiger partial charge on any atom is -0.354 e. The number of hydrogen-bond donors (Lipinski definition) is 3. The van der Waals surface area contributed by atoms with Crippen molar-refractivity contribution in [1.29, 1.82) is 0 Å². The number of rotatable bonds is 6. The lowest BCUT2D eigenvalue weighted by molar-refractivity contribution is -0.121. The van der Waals surface area contributed by atoms with Crippen LogP contribution in [0.15, 0.2) is 29.1 Å². The van der Waals surface area contributed by atoms with Gasteiger partial charge in [0.2, 0.25) is 5.91 Å². The molecule has 1 amide bonds. The third-order valence-corrected chi connectivity index (χ3v) is 2.91. The second kappa shape index (κ2) is 7.72. The summed E-state index contributed by atoms with van der Waals surface area (Å²) < 4.78 is 1.45. The van der Waals surface area contributed by atoms with E-state index >= 15 is 0 Å². The summed E-state index contributed by atoms with van der Waals surface area (Å²) in [6.45, 7) is 1.51. The molecule has 0 fully saturated rings. The maximum Gasteiger partial charge on any atom is 0.326 e. The monoisotopic (exact) mass is 298 g/mol. The zero-order valence-corrected chi connectivity index (χ0v) is 12.1. The number of carbonyl (C=O) groups is 1. The average Bonchev–Trinajstić information content (AvgIpc) is 2.72. The molecule has 2 aromatic rings. The Morgan fingerprint density at radius 1 is 1.30 bits per heavy atom. The predicted octanol–water partition coefficient (Wildman–Crippen LogP) is 0.477. The number of hydrogen-bond acceptors (Lipinski definition) is 3. The lowest BCUT2D eigenvalue weighted by atomic mass is 10.3. The fraction of sp³-hybridized carbons (Fsp3) is 0.385. The summed E-state index contributed by atoms with van der Waals surface area (Å²) in [5.41, 5.74) is 1.24. The van der Waals surface area contributed by atoms with Gasteiger partial charge in [-0.3, -0.25) is 9.36 Å². The number of benzene rings is 1. The van der Waals surface area contributed by atoms with Crippen molar-refractivity contribution < 1.29 is 4.79 Å². The number of nitrogens with one attached hydrogen (secondary N) is 3. The summed E-state index contributed by atoms with van der Waals surface area (Å²) in [5, 5.41) is 5.80. The van der Waals surface area contributed by atoms with Crippen LogP contribution in [0.3, 0.4) is 0 Å². The van der Waals surface area contributed by atoms with Crippen molar-refractivity contribution in [2.45, 2.75) is 13.0 Å². The zero-order valence-electron chi connectivity index (χ0n) is 11.3. The Balaban J connectivity index is 0.00000200. The molecule has 20 heavy (non-hydrogen) atoms. The van der Waals surface area contributed by atoms with Gasteiger partial charge < -0.3 is 15.6 Å². The minimum atomic E-state index is -0.258. The Morgan fingerprint density at radius 2 is 2.05 bits per heavy atom. The molecule has 0 aliphatic rings. The van der Waals surface area contributed by atoms with Gasteiger partial charge in [0.05, 0.1) is 11.0 Å². The largest absolute Gasteiger partial charge is 0.354 e. The lowest BCUT2D eigenvalue weighted by Crippen LogP contribution is -2.32. The average molecular weight is 299 g/mol. The van der Waals surface area contributed by atoms with Gasteiger partial charge in [0.1, 0.15) is 6.54 Å². The van der Waals surface area contributed by atoms with Gasteiger partial charge in [-0.1, -0.05) is 12.1 Å². The van der Waals surface area contributed by atoms with Crippen molar-refractivity contribution in [2.75, 3.05) is 20.1 Å². The molecule has 7 heteroatoms. The van der Waals surface area contributed by atoms with E-state index in [4.69, 9.17) is 0 Å². The molecule has 0 atom stereocenters. The first-order chi connectivity index (χ1) is 9.22. The molecule has 0 saturated heterocycles. The van der Waals surface area contributed by atoms with E-state index in [1.165, 1.54) is 4.57 Å². The number of imidazole rings is 1. The number of nitrogens with zero attached hydrogens (tertiary/aromatic N) is 1. The molecule has 0 aliphatic carbocycles. The quantitative estimate of drug-likeness (QED) is 0.679. The van der Waals surface area contributed by atoms with E-state index in [9.17, 15) is 9.59 Å². The highest BCUT2D eigenvalue weighted by molar-refractivity contribution is 5.85. The number of fused-ring (bicyclic) bond motifs is 1. The van der Waals surface area contributed by atoms with E-state index in [0.29, 0.717) is 6.54 Å². The van der Waals surface area contributed by atoms with E-state index in [1.807, 2.05) is 31.3 Å². The van der Waals surface area contributed by atoms with E-state index in [2.05, 4.69) is 15.6 Å². The second-order valence-electron chi connectivity index (χ2n) is 4.34. The van der Waals surface area contributed by atoms with Crippen LogP contribution >= 0.6 is 12.4 Å². The standard InChI is InChI=1S/C13H18N4O2.ClH/c1-14-7-4-8-15-12(18)9-17-11-6-3-2-5-10(11)16-13(17)19;/h2-3,5-6,14H,4,7-9H2,1H3,(H,15,18)(H,16,19);1H. The van der Waals surface area contributed by atoms with Gasteiger partial charge in [-0.05, 0) is 32.1 Å². The molecule has 0 aliphatic heterocycles. The van der Waals surface area contributed by atoms with Crippen molar-refractivity contribution in [3.63, 3.8) is 0 Å². The van der Waals surface area contributed by atoms with Crippen LogP contribution in [-0.4, -0.2) is 35.6 Å². The van der Waals surface area contributed by atoms with E-state index < -0.39 is 0 Å². The fourth-order valence-corrected chi connectivity index (χ4v) is 1.96. The molecular formula is C13H19ClN4O2.